The SMILES string of the molecule is O=C(Nc1ccncc1)C1CC[CH]CC1. The fraction of sp³-hybridized carbons (Fsp3) is 0.417. The summed E-state index contributed by atoms with van der Waals surface area (Å²) >= 11 is 0. The molecule has 0 saturated heterocycles. The summed E-state index contributed by atoms with van der Waals surface area (Å²) in [6.07, 6.45) is 9.72. The van der Waals surface area contributed by atoms with Gasteiger partial charge in [0, 0.05) is 24.0 Å². The Morgan fingerprint density at radius 1 is 1.27 bits per heavy atom. The lowest BCUT2D eigenvalue weighted by atomic mass is 9.88. The average molecular weight is 203 g/mol. The van der Waals surface area contributed by atoms with Crippen molar-refractivity contribution >= 4 is 11.6 Å². The number of anilines is 1. The summed E-state index contributed by atoms with van der Waals surface area (Å²) in [5.74, 6) is 0.331. The van der Waals surface area contributed by atoms with Crippen molar-refractivity contribution in [2.45, 2.75) is 25.7 Å². The third-order valence-corrected chi connectivity index (χ3v) is 2.76. The number of nitrogens with zero attached hydrogens (tertiary/aromatic N) is 1. The Hall–Kier alpha value is -1.38. The lowest BCUT2D eigenvalue weighted by molar-refractivity contribution is -0.120. The Labute approximate surface area is 89.9 Å². The Morgan fingerprint density at radius 2 is 1.93 bits per heavy atom. The third-order valence-electron chi connectivity index (χ3n) is 2.76. The minimum Gasteiger partial charge on any atom is -0.326 e. The highest BCUT2D eigenvalue weighted by molar-refractivity contribution is 5.92. The van der Waals surface area contributed by atoms with E-state index >= 15 is 0 Å². The van der Waals surface area contributed by atoms with E-state index < -0.39 is 0 Å². The molecule has 1 aromatic heterocycles. The number of amides is 1. The van der Waals surface area contributed by atoms with Gasteiger partial charge >= 0.3 is 0 Å². The van der Waals surface area contributed by atoms with E-state index in [9.17, 15) is 4.79 Å². The first-order valence-corrected chi connectivity index (χ1v) is 5.39. The maximum absolute atomic E-state index is 11.8. The standard InChI is InChI=1S/C12H15N2O/c15-12(10-4-2-1-3-5-10)14-11-6-8-13-9-7-11/h1,6-10H,2-5H2,(H,13,14,15). The zero-order chi connectivity index (χ0) is 10.5. The molecule has 2 rings (SSSR count). The molecule has 0 aromatic carbocycles. The third kappa shape index (κ3) is 2.78. The Bertz CT molecular complexity index is 318. The zero-order valence-electron chi connectivity index (χ0n) is 8.65. The zero-order valence-corrected chi connectivity index (χ0v) is 8.65. The maximum Gasteiger partial charge on any atom is 0.227 e. The van der Waals surface area contributed by atoms with Gasteiger partial charge in [0.1, 0.15) is 0 Å². The second-order valence-electron chi connectivity index (χ2n) is 3.87. The highest BCUT2D eigenvalue weighted by Crippen LogP contribution is 2.24. The Morgan fingerprint density at radius 3 is 2.60 bits per heavy atom. The molecule has 1 saturated carbocycles. The van der Waals surface area contributed by atoms with Crippen LogP contribution in [0, 0.1) is 12.3 Å². The predicted molar refractivity (Wildman–Crippen MR) is 59.1 cm³/mol. The van der Waals surface area contributed by atoms with Gasteiger partial charge in [-0.05, 0) is 44.2 Å². The van der Waals surface area contributed by atoms with Gasteiger partial charge in [0.05, 0.1) is 0 Å². The average Bonchev–Trinajstić information content (AvgIpc) is 2.31. The number of aromatic nitrogens is 1. The van der Waals surface area contributed by atoms with E-state index in [1.807, 2.05) is 12.1 Å². The van der Waals surface area contributed by atoms with Crippen LogP contribution < -0.4 is 5.32 Å². The summed E-state index contributed by atoms with van der Waals surface area (Å²) in [7, 11) is 0. The van der Waals surface area contributed by atoms with Crippen LogP contribution in [0.2, 0.25) is 0 Å². The number of rotatable bonds is 2. The first-order chi connectivity index (χ1) is 7.36. The molecule has 1 fully saturated rings. The lowest BCUT2D eigenvalue weighted by Gasteiger charge is -2.20. The Balaban J connectivity index is 1.91. The van der Waals surface area contributed by atoms with Crippen LogP contribution in [0.1, 0.15) is 25.7 Å². The molecule has 1 aliphatic rings. The van der Waals surface area contributed by atoms with Crippen LogP contribution in [0.4, 0.5) is 5.69 Å². The second-order valence-corrected chi connectivity index (χ2v) is 3.87. The minimum absolute atomic E-state index is 0.148. The summed E-state index contributed by atoms with van der Waals surface area (Å²) in [5, 5.41) is 2.92. The van der Waals surface area contributed by atoms with Gasteiger partial charge in [-0.3, -0.25) is 9.78 Å². The van der Waals surface area contributed by atoms with Crippen molar-refractivity contribution in [3.8, 4) is 0 Å². The van der Waals surface area contributed by atoms with Crippen molar-refractivity contribution in [1.29, 1.82) is 0 Å². The van der Waals surface area contributed by atoms with Gasteiger partial charge in [-0.2, -0.15) is 0 Å². The normalized spacial score (nSPS) is 17.3. The smallest absolute Gasteiger partial charge is 0.227 e. The van der Waals surface area contributed by atoms with Gasteiger partial charge in [-0.25, -0.2) is 0 Å². The molecule has 1 aromatic rings. The van der Waals surface area contributed by atoms with E-state index in [2.05, 4.69) is 16.7 Å². The molecule has 1 heterocycles. The molecule has 0 atom stereocenters. The molecule has 1 N–H and O–H groups in total. The van der Waals surface area contributed by atoms with E-state index in [-0.39, 0.29) is 11.8 Å². The topological polar surface area (TPSA) is 42.0 Å². The van der Waals surface area contributed by atoms with Crippen LogP contribution >= 0.6 is 0 Å². The summed E-state index contributed by atoms with van der Waals surface area (Å²) in [4.78, 5) is 15.7. The molecular formula is C12H15N2O. The Kier molecular flexibility index (Phi) is 3.33. The van der Waals surface area contributed by atoms with Crippen LogP contribution in [-0.4, -0.2) is 10.9 Å². The van der Waals surface area contributed by atoms with Crippen molar-refractivity contribution in [2.75, 3.05) is 5.32 Å². The van der Waals surface area contributed by atoms with Gasteiger partial charge in [-0.15, -0.1) is 0 Å². The van der Waals surface area contributed by atoms with Crippen LogP contribution in [0.5, 0.6) is 0 Å². The maximum atomic E-state index is 11.8. The summed E-state index contributed by atoms with van der Waals surface area (Å²) in [5.41, 5.74) is 0.838. The molecule has 0 bridgehead atoms. The number of nitrogens with one attached hydrogen (secondary N) is 1. The summed E-state index contributed by atoms with van der Waals surface area (Å²) in [6, 6.07) is 3.62. The molecule has 0 spiro atoms. The second kappa shape index (κ2) is 4.91. The molecule has 1 amide bonds. The molecule has 3 heteroatoms. The van der Waals surface area contributed by atoms with Gasteiger partial charge in [0.2, 0.25) is 5.91 Å². The monoisotopic (exact) mass is 203 g/mol. The van der Waals surface area contributed by atoms with Gasteiger partial charge in [0.25, 0.3) is 0 Å². The predicted octanol–water partition coefficient (Wildman–Crippen LogP) is 2.41. The van der Waals surface area contributed by atoms with E-state index in [1.54, 1.807) is 12.4 Å². The van der Waals surface area contributed by atoms with E-state index in [0.717, 1.165) is 31.4 Å². The quantitative estimate of drug-likeness (QED) is 0.802. The molecule has 1 aliphatic carbocycles. The van der Waals surface area contributed by atoms with Crippen LogP contribution in [0.25, 0.3) is 0 Å². The first-order valence-electron chi connectivity index (χ1n) is 5.39. The molecule has 1 radical (unpaired) electrons. The van der Waals surface area contributed by atoms with Gasteiger partial charge in [-0.1, -0.05) is 0 Å². The van der Waals surface area contributed by atoms with Gasteiger partial charge < -0.3 is 5.32 Å². The molecule has 0 aliphatic heterocycles. The molecule has 3 nitrogen and oxygen atoms in total. The number of carbonyl (C=O) groups is 1. The highest BCUT2D eigenvalue weighted by Gasteiger charge is 2.20. The number of hydrogen-bond acceptors (Lipinski definition) is 2. The van der Waals surface area contributed by atoms with Crippen molar-refractivity contribution in [2.24, 2.45) is 5.92 Å². The van der Waals surface area contributed by atoms with E-state index in [4.69, 9.17) is 0 Å². The lowest BCUT2D eigenvalue weighted by Crippen LogP contribution is -2.24. The summed E-state index contributed by atoms with van der Waals surface area (Å²) in [6.45, 7) is 0. The fourth-order valence-corrected chi connectivity index (χ4v) is 1.87. The molecule has 79 valence electrons. The highest BCUT2D eigenvalue weighted by atomic mass is 16.1. The molecule has 15 heavy (non-hydrogen) atoms. The van der Waals surface area contributed by atoms with E-state index in [1.165, 1.54) is 0 Å². The number of pyridine rings is 1. The summed E-state index contributed by atoms with van der Waals surface area (Å²) < 4.78 is 0. The fourth-order valence-electron chi connectivity index (χ4n) is 1.87. The van der Waals surface area contributed by atoms with Crippen molar-refractivity contribution in [3.63, 3.8) is 0 Å². The van der Waals surface area contributed by atoms with Crippen LogP contribution in [-0.2, 0) is 4.79 Å². The molecular weight excluding hydrogens is 188 g/mol. The van der Waals surface area contributed by atoms with E-state index in [0.29, 0.717) is 0 Å². The first kappa shape index (κ1) is 10.1. The van der Waals surface area contributed by atoms with Crippen molar-refractivity contribution in [3.05, 3.63) is 30.9 Å². The molecule has 0 unspecified atom stereocenters. The minimum atomic E-state index is 0.148. The van der Waals surface area contributed by atoms with Crippen LogP contribution in [0.3, 0.4) is 0 Å². The van der Waals surface area contributed by atoms with Crippen molar-refractivity contribution in [1.82, 2.24) is 4.98 Å². The number of hydrogen-bond donors (Lipinski definition) is 1. The number of carbonyl (C=O) groups excluding carboxylic acids is 1. The largest absolute Gasteiger partial charge is 0.326 e. The van der Waals surface area contributed by atoms with Crippen LogP contribution in [0.15, 0.2) is 24.5 Å². The van der Waals surface area contributed by atoms with Gasteiger partial charge in [0.15, 0.2) is 0 Å². The van der Waals surface area contributed by atoms with Crippen molar-refractivity contribution < 1.29 is 4.79 Å².